The number of aromatic amines is 1. The normalized spacial score (nSPS) is 23.8. The largest absolute Gasteiger partial charge is 0.384 e. The topological polar surface area (TPSA) is 106 Å². The number of nitrogens with zero attached hydrogens (tertiary/aromatic N) is 3. The Hall–Kier alpha value is -2.89. The molecule has 0 bridgehead atoms. The molecule has 2 aromatic rings. The average Bonchev–Trinajstić information content (AvgIpc) is 2.89. The predicted octanol–water partition coefficient (Wildman–Crippen LogP) is 2.14. The van der Waals surface area contributed by atoms with Gasteiger partial charge in [-0.15, -0.1) is 0 Å². The van der Waals surface area contributed by atoms with Gasteiger partial charge in [0.05, 0.1) is 0 Å². The van der Waals surface area contributed by atoms with E-state index >= 15 is 0 Å². The summed E-state index contributed by atoms with van der Waals surface area (Å²) in [7, 11) is 0. The first kappa shape index (κ1) is 13.1. The van der Waals surface area contributed by atoms with Gasteiger partial charge in [-0.2, -0.15) is 4.98 Å². The number of anilines is 1. The number of allylic oxidation sites excluding steroid dienone is 4. The van der Waals surface area contributed by atoms with Crippen molar-refractivity contribution in [3.8, 4) is 0 Å². The van der Waals surface area contributed by atoms with Gasteiger partial charge in [0, 0.05) is 29.5 Å². The summed E-state index contributed by atoms with van der Waals surface area (Å²) >= 11 is 0. The number of H-pyrrole nitrogens is 1. The molecule has 5 N–H and O–H groups in total. The first-order valence-corrected chi connectivity index (χ1v) is 6.70. The van der Waals surface area contributed by atoms with E-state index in [-0.39, 0.29) is 5.95 Å². The van der Waals surface area contributed by atoms with Crippen molar-refractivity contribution in [1.82, 2.24) is 15.0 Å². The zero-order chi connectivity index (χ0) is 14.7. The molecule has 0 atom stereocenters. The summed E-state index contributed by atoms with van der Waals surface area (Å²) in [6.45, 7) is 0. The second-order valence-electron chi connectivity index (χ2n) is 4.70. The van der Waals surface area contributed by atoms with Gasteiger partial charge in [0.1, 0.15) is 11.5 Å². The minimum Gasteiger partial charge on any atom is -0.384 e. The van der Waals surface area contributed by atoms with Crippen LogP contribution in [0.4, 0.5) is 5.95 Å². The second-order valence-corrected chi connectivity index (χ2v) is 4.70. The molecule has 0 spiro atoms. The second kappa shape index (κ2) is 5.62. The fraction of sp³-hybridized carbons (Fsp3) is 0.133. The van der Waals surface area contributed by atoms with E-state index in [4.69, 9.17) is 11.5 Å². The predicted molar refractivity (Wildman–Crippen MR) is 85.4 cm³/mol. The van der Waals surface area contributed by atoms with Crippen LogP contribution in [0.25, 0.3) is 16.6 Å². The van der Waals surface area contributed by atoms with Crippen molar-refractivity contribution in [3.05, 3.63) is 48.5 Å². The van der Waals surface area contributed by atoms with Crippen LogP contribution in [0.1, 0.15) is 18.4 Å². The van der Waals surface area contributed by atoms with Gasteiger partial charge in [-0.05, 0) is 24.5 Å². The molecule has 0 amide bonds. The van der Waals surface area contributed by atoms with Crippen LogP contribution >= 0.6 is 0 Å². The highest BCUT2D eigenvalue weighted by molar-refractivity contribution is 5.98. The zero-order valence-electron chi connectivity index (χ0n) is 11.5. The van der Waals surface area contributed by atoms with Crippen LogP contribution in [0.15, 0.2) is 47.9 Å². The molecule has 0 radical (unpaired) electrons. The molecule has 106 valence electrons. The molecule has 0 saturated carbocycles. The van der Waals surface area contributed by atoms with Crippen molar-refractivity contribution in [3.63, 3.8) is 0 Å². The van der Waals surface area contributed by atoms with Crippen molar-refractivity contribution in [1.29, 1.82) is 0 Å². The smallest absolute Gasteiger partial charge is 0.221 e. The number of amidine groups is 1. The fourth-order valence-corrected chi connectivity index (χ4v) is 2.19. The Balaban J connectivity index is 2.05. The number of nitrogens with one attached hydrogen (secondary N) is 1. The Bertz CT molecular complexity index is 779. The van der Waals surface area contributed by atoms with Gasteiger partial charge >= 0.3 is 0 Å². The number of hydrogen-bond donors (Lipinski definition) is 3. The maximum Gasteiger partial charge on any atom is 0.221 e. The lowest BCUT2D eigenvalue weighted by Crippen LogP contribution is -2.06. The summed E-state index contributed by atoms with van der Waals surface area (Å²) in [5.74, 6) is 0.729. The number of rotatable bonds is 1. The van der Waals surface area contributed by atoms with Gasteiger partial charge in [-0.1, -0.05) is 18.2 Å². The fourth-order valence-electron chi connectivity index (χ4n) is 2.19. The van der Waals surface area contributed by atoms with Crippen LogP contribution in [0.3, 0.4) is 0 Å². The Kier molecular flexibility index (Phi) is 3.51. The average molecular weight is 280 g/mol. The van der Waals surface area contributed by atoms with Gasteiger partial charge in [0.25, 0.3) is 0 Å². The van der Waals surface area contributed by atoms with E-state index in [1.54, 1.807) is 18.5 Å². The lowest BCUT2D eigenvalue weighted by atomic mass is 10.0. The molecule has 2 aromatic heterocycles. The molecule has 0 aliphatic carbocycles. The monoisotopic (exact) mass is 280 g/mol. The molecule has 3 rings (SSSR count). The van der Waals surface area contributed by atoms with Crippen molar-refractivity contribution in [2.75, 3.05) is 5.73 Å². The molecule has 0 fully saturated rings. The Morgan fingerprint density at radius 2 is 2.05 bits per heavy atom. The van der Waals surface area contributed by atoms with Crippen molar-refractivity contribution in [2.45, 2.75) is 12.8 Å². The van der Waals surface area contributed by atoms with Crippen LogP contribution in [0.5, 0.6) is 0 Å². The van der Waals surface area contributed by atoms with Crippen LogP contribution in [0.2, 0.25) is 0 Å². The highest BCUT2D eigenvalue weighted by atomic mass is 15.0. The third kappa shape index (κ3) is 2.84. The summed E-state index contributed by atoms with van der Waals surface area (Å²) in [4.78, 5) is 15.5. The summed E-state index contributed by atoms with van der Waals surface area (Å²) in [5.41, 5.74) is 14.2. The maximum atomic E-state index is 5.81. The Labute approximate surface area is 122 Å². The number of aromatic nitrogens is 3. The first-order chi connectivity index (χ1) is 10.2. The van der Waals surface area contributed by atoms with E-state index in [2.05, 4.69) is 26.0 Å². The molecular weight excluding hydrogens is 264 g/mol. The molecular formula is C15H16N6. The van der Waals surface area contributed by atoms with E-state index in [9.17, 15) is 0 Å². The first-order valence-electron chi connectivity index (χ1n) is 6.70. The molecule has 0 aromatic carbocycles. The standard InChI is InChI=1S/C15H16N6/c16-13-6-5-10(4-2-1-3-7-18-13)11-8-19-14-12(11)9-20-15(17)21-14/h3-9H,1-2H2,(H2,16,18)(H3,17,19,20,21)/b6-5-,7-3-,10-4+. The third-order valence-electron chi connectivity index (χ3n) is 3.22. The molecule has 1 aliphatic rings. The number of fused-ring (bicyclic) bond motifs is 1. The van der Waals surface area contributed by atoms with Crippen LogP contribution in [-0.4, -0.2) is 20.8 Å². The van der Waals surface area contributed by atoms with Gasteiger partial charge in [0.2, 0.25) is 5.95 Å². The summed E-state index contributed by atoms with van der Waals surface area (Å²) in [6, 6.07) is 0. The number of hydrogen-bond acceptors (Lipinski definition) is 5. The van der Waals surface area contributed by atoms with Crippen molar-refractivity contribution in [2.24, 2.45) is 10.7 Å². The Morgan fingerprint density at radius 1 is 1.14 bits per heavy atom. The molecule has 3 heterocycles. The summed E-state index contributed by atoms with van der Waals surface area (Å²) in [6.07, 6.45) is 15.1. The van der Waals surface area contributed by atoms with Crippen LogP contribution in [-0.2, 0) is 0 Å². The van der Waals surface area contributed by atoms with Gasteiger partial charge < -0.3 is 16.5 Å². The number of nitrogens with two attached hydrogens (primary N) is 2. The Morgan fingerprint density at radius 3 is 2.95 bits per heavy atom. The molecule has 1 aliphatic heterocycles. The van der Waals surface area contributed by atoms with E-state index in [0.717, 1.165) is 35.0 Å². The van der Waals surface area contributed by atoms with E-state index in [1.807, 2.05) is 18.3 Å². The van der Waals surface area contributed by atoms with Crippen molar-refractivity contribution >= 4 is 28.4 Å². The molecule has 0 saturated heterocycles. The summed E-state index contributed by atoms with van der Waals surface area (Å²) in [5, 5.41) is 0.934. The highest BCUT2D eigenvalue weighted by Crippen LogP contribution is 2.25. The van der Waals surface area contributed by atoms with Gasteiger partial charge in [-0.25, -0.2) is 9.98 Å². The van der Waals surface area contributed by atoms with Crippen LogP contribution < -0.4 is 11.5 Å². The number of nitrogen functional groups attached to an aromatic ring is 1. The lowest BCUT2D eigenvalue weighted by molar-refractivity contribution is 1.05. The maximum absolute atomic E-state index is 5.81. The minimum absolute atomic E-state index is 0.257. The van der Waals surface area contributed by atoms with E-state index in [0.29, 0.717) is 5.84 Å². The molecule has 6 heteroatoms. The third-order valence-corrected chi connectivity index (χ3v) is 3.22. The molecule has 21 heavy (non-hydrogen) atoms. The summed E-state index contributed by atoms with van der Waals surface area (Å²) < 4.78 is 0. The van der Waals surface area contributed by atoms with E-state index < -0.39 is 0 Å². The lowest BCUT2D eigenvalue weighted by Gasteiger charge is -2.02. The molecule has 0 unspecified atom stereocenters. The molecule has 6 nitrogen and oxygen atoms in total. The number of aliphatic imine (C=N–C) groups is 1. The van der Waals surface area contributed by atoms with Crippen LogP contribution in [0, 0.1) is 0 Å². The highest BCUT2D eigenvalue weighted by Gasteiger charge is 2.08. The SMILES string of the molecule is NC1=N\C=C/CC\C=C(c2c[nH]c3nc(N)ncc23)/C=C\1. The van der Waals surface area contributed by atoms with Crippen molar-refractivity contribution < 1.29 is 0 Å². The zero-order valence-corrected chi connectivity index (χ0v) is 11.5. The quantitative estimate of drug-likeness (QED) is 0.744. The van der Waals surface area contributed by atoms with E-state index in [1.165, 1.54) is 0 Å². The minimum atomic E-state index is 0.257. The van der Waals surface area contributed by atoms with Gasteiger partial charge in [0.15, 0.2) is 0 Å². The van der Waals surface area contributed by atoms with Gasteiger partial charge in [-0.3, -0.25) is 0 Å².